The molecule has 0 spiro atoms. The maximum absolute atomic E-state index is 12.3. The van der Waals surface area contributed by atoms with Crippen LogP contribution in [0, 0.1) is 0 Å². The molecule has 0 aliphatic carbocycles. The topological polar surface area (TPSA) is 48.7 Å². The Morgan fingerprint density at radius 2 is 1.79 bits per heavy atom. The van der Waals surface area contributed by atoms with Gasteiger partial charge in [-0.3, -0.25) is 4.79 Å². The lowest BCUT2D eigenvalue weighted by Gasteiger charge is -2.07. The zero-order chi connectivity index (χ0) is 16.9. The Morgan fingerprint density at radius 3 is 2.50 bits per heavy atom. The van der Waals surface area contributed by atoms with Crippen molar-refractivity contribution in [3.8, 4) is 22.8 Å². The van der Waals surface area contributed by atoms with Gasteiger partial charge in [-0.05, 0) is 42.8 Å². The van der Waals surface area contributed by atoms with E-state index in [4.69, 9.17) is 25.5 Å². The van der Waals surface area contributed by atoms with Crippen molar-refractivity contribution in [3.63, 3.8) is 0 Å². The van der Waals surface area contributed by atoms with Crippen molar-refractivity contribution >= 4 is 22.6 Å². The number of rotatable bonds is 6. The Kier molecular flexibility index (Phi) is 5.06. The first-order chi connectivity index (χ1) is 11.7. The highest BCUT2D eigenvalue weighted by Gasteiger charge is 2.08. The Labute approximate surface area is 144 Å². The second-order valence-electron chi connectivity index (χ2n) is 5.25. The van der Waals surface area contributed by atoms with Gasteiger partial charge in [-0.2, -0.15) is 0 Å². The molecule has 0 bridgehead atoms. The van der Waals surface area contributed by atoms with Crippen LogP contribution in [0.4, 0.5) is 0 Å². The third-order valence-corrected chi connectivity index (χ3v) is 3.89. The first-order valence-corrected chi connectivity index (χ1v) is 8.16. The predicted octanol–water partition coefficient (Wildman–Crippen LogP) is 4.48. The van der Waals surface area contributed by atoms with E-state index >= 15 is 0 Å². The van der Waals surface area contributed by atoms with Crippen molar-refractivity contribution in [1.82, 2.24) is 0 Å². The number of alkyl halides is 1. The molecule has 24 heavy (non-hydrogen) atoms. The van der Waals surface area contributed by atoms with Gasteiger partial charge in [-0.15, -0.1) is 11.6 Å². The first-order valence-electron chi connectivity index (χ1n) is 7.62. The molecule has 5 heteroatoms. The number of benzene rings is 2. The van der Waals surface area contributed by atoms with E-state index in [1.807, 2.05) is 24.3 Å². The van der Waals surface area contributed by atoms with E-state index in [-0.39, 0.29) is 5.43 Å². The molecule has 3 aromatic rings. The Bertz CT molecular complexity index is 884. The number of methoxy groups -OCH3 is 1. The van der Waals surface area contributed by atoms with Gasteiger partial charge in [-0.1, -0.05) is 0 Å². The third kappa shape index (κ3) is 3.54. The average molecular weight is 345 g/mol. The van der Waals surface area contributed by atoms with Crippen LogP contribution in [-0.4, -0.2) is 19.6 Å². The molecule has 0 N–H and O–H groups in total. The van der Waals surface area contributed by atoms with Crippen LogP contribution in [0.15, 0.2) is 57.7 Å². The van der Waals surface area contributed by atoms with Gasteiger partial charge in [0.15, 0.2) is 5.43 Å². The minimum absolute atomic E-state index is 0.0885. The third-order valence-electron chi connectivity index (χ3n) is 3.62. The number of hydrogen-bond donors (Lipinski definition) is 0. The summed E-state index contributed by atoms with van der Waals surface area (Å²) in [7, 11) is 1.61. The van der Waals surface area contributed by atoms with Crippen LogP contribution in [0.3, 0.4) is 0 Å². The van der Waals surface area contributed by atoms with E-state index in [2.05, 4.69) is 0 Å². The molecule has 2 aromatic carbocycles. The van der Waals surface area contributed by atoms with Crippen LogP contribution in [0.1, 0.15) is 6.42 Å². The summed E-state index contributed by atoms with van der Waals surface area (Å²) in [6.45, 7) is 0.525. The molecule has 124 valence electrons. The van der Waals surface area contributed by atoms with E-state index in [0.717, 1.165) is 17.7 Å². The molecule has 0 saturated heterocycles. The molecule has 0 fully saturated rings. The molecule has 0 unspecified atom stereocenters. The lowest BCUT2D eigenvalue weighted by atomic mass is 10.1. The molecule has 0 amide bonds. The SMILES string of the molecule is COc1ccc(-c2cc(=O)c3ccc(OCCCCl)cc3o2)cc1. The van der Waals surface area contributed by atoms with E-state index < -0.39 is 0 Å². The van der Waals surface area contributed by atoms with Gasteiger partial charge in [0.2, 0.25) is 0 Å². The highest BCUT2D eigenvalue weighted by molar-refractivity contribution is 6.17. The quantitative estimate of drug-likeness (QED) is 0.489. The van der Waals surface area contributed by atoms with Gasteiger partial charge in [0.1, 0.15) is 22.8 Å². The largest absolute Gasteiger partial charge is 0.497 e. The maximum atomic E-state index is 12.3. The van der Waals surface area contributed by atoms with Gasteiger partial charge in [-0.25, -0.2) is 0 Å². The number of ether oxygens (including phenoxy) is 2. The molecule has 4 nitrogen and oxygen atoms in total. The second kappa shape index (κ2) is 7.41. The van der Waals surface area contributed by atoms with E-state index in [9.17, 15) is 4.79 Å². The van der Waals surface area contributed by atoms with Gasteiger partial charge in [0, 0.05) is 23.6 Å². The van der Waals surface area contributed by atoms with Crippen LogP contribution in [0.5, 0.6) is 11.5 Å². The van der Waals surface area contributed by atoms with Crippen molar-refractivity contribution in [1.29, 1.82) is 0 Å². The highest BCUT2D eigenvalue weighted by Crippen LogP contribution is 2.26. The first kappa shape index (κ1) is 16.4. The van der Waals surface area contributed by atoms with Crippen molar-refractivity contribution in [3.05, 3.63) is 58.8 Å². The Morgan fingerprint density at radius 1 is 1.04 bits per heavy atom. The smallest absolute Gasteiger partial charge is 0.193 e. The highest BCUT2D eigenvalue weighted by atomic mass is 35.5. The number of halogens is 1. The summed E-state index contributed by atoms with van der Waals surface area (Å²) in [5.74, 6) is 2.46. The summed E-state index contributed by atoms with van der Waals surface area (Å²) in [5.41, 5.74) is 1.22. The lowest BCUT2D eigenvalue weighted by Crippen LogP contribution is -2.02. The molecular formula is C19H17ClO4. The zero-order valence-corrected chi connectivity index (χ0v) is 14.0. The summed E-state index contributed by atoms with van der Waals surface area (Å²) in [4.78, 5) is 12.3. The van der Waals surface area contributed by atoms with E-state index in [1.165, 1.54) is 6.07 Å². The van der Waals surface area contributed by atoms with Crippen molar-refractivity contribution in [2.75, 3.05) is 19.6 Å². The van der Waals surface area contributed by atoms with Crippen molar-refractivity contribution < 1.29 is 13.9 Å². The van der Waals surface area contributed by atoms with Crippen LogP contribution < -0.4 is 14.9 Å². The number of hydrogen-bond acceptors (Lipinski definition) is 4. The van der Waals surface area contributed by atoms with E-state index in [0.29, 0.717) is 35.0 Å². The fraction of sp³-hybridized carbons (Fsp3) is 0.211. The van der Waals surface area contributed by atoms with Gasteiger partial charge < -0.3 is 13.9 Å². The molecule has 0 atom stereocenters. The van der Waals surface area contributed by atoms with Crippen LogP contribution >= 0.6 is 11.6 Å². The normalized spacial score (nSPS) is 10.8. The second-order valence-corrected chi connectivity index (χ2v) is 5.63. The zero-order valence-electron chi connectivity index (χ0n) is 13.3. The van der Waals surface area contributed by atoms with Crippen molar-refractivity contribution in [2.45, 2.75) is 6.42 Å². The molecule has 3 rings (SSSR count). The summed E-state index contributed by atoms with van der Waals surface area (Å²) < 4.78 is 16.7. The van der Waals surface area contributed by atoms with Gasteiger partial charge >= 0.3 is 0 Å². The fourth-order valence-corrected chi connectivity index (χ4v) is 2.48. The summed E-state index contributed by atoms with van der Waals surface area (Å²) in [6.07, 6.45) is 0.759. The Balaban J connectivity index is 1.98. The summed E-state index contributed by atoms with van der Waals surface area (Å²) >= 11 is 5.65. The average Bonchev–Trinajstić information content (AvgIpc) is 2.62. The summed E-state index contributed by atoms with van der Waals surface area (Å²) in [5, 5.41) is 0.525. The Hall–Kier alpha value is -2.46. The minimum Gasteiger partial charge on any atom is -0.497 e. The van der Waals surface area contributed by atoms with Crippen LogP contribution in [0.2, 0.25) is 0 Å². The molecule has 1 heterocycles. The molecule has 0 aliphatic rings. The monoisotopic (exact) mass is 344 g/mol. The van der Waals surface area contributed by atoms with Gasteiger partial charge in [0.05, 0.1) is 19.1 Å². The van der Waals surface area contributed by atoms with Crippen LogP contribution in [-0.2, 0) is 0 Å². The van der Waals surface area contributed by atoms with Crippen LogP contribution in [0.25, 0.3) is 22.3 Å². The number of fused-ring (bicyclic) bond motifs is 1. The van der Waals surface area contributed by atoms with Gasteiger partial charge in [0.25, 0.3) is 0 Å². The molecule has 1 aromatic heterocycles. The maximum Gasteiger partial charge on any atom is 0.193 e. The standard InChI is InChI=1S/C19H17ClO4/c1-22-14-5-3-13(4-6-14)18-12-17(21)16-8-7-15(11-19(16)24-18)23-10-2-9-20/h3-8,11-12H,2,9-10H2,1H3. The van der Waals surface area contributed by atoms with E-state index in [1.54, 1.807) is 25.3 Å². The predicted molar refractivity (Wildman–Crippen MR) is 95.3 cm³/mol. The molecule has 0 radical (unpaired) electrons. The molecular weight excluding hydrogens is 328 g/mol. The fourth-order valence-electron chi connectivity index (χ4n) is 2.37. The summed E-state index contributed by atoms with van der Waals surface area (Å²) in [6, 6.07) is 14.1. The molecule has 0 saturated carbocycles. The lowest BCUT2D eigenvalue weighted by molar-refractivity contribution is 0.318. The minimum atomic E-state index is -0.0885. The van der Waals surface area contributed by atoms with Crippen molar-refractivity contribution in [2.24, 2.45) is 0 Å². The molecule has 0 aliphatic heterocycles.